The maximum Gasteiger partial charge on any atom is 0.265 e. The fraction of sp³-hybridized carbons (Fsp3) is 0.0952. The van der Waals surface area contributed by atoms with Crippen LogP contribution in [0.3, 0.4) is 0 Å². The number of benzene rings is 3. The molecule has 0 aliphatic heterocycles. The van der Waals surface area contributed by atoms with E-state index in [1.54, 1.807) is 67.8 Å². The number of rotatable bonds is 6. The lowest BCUT2D eigenvalue weighted by Crippen LogP contribution is -2.29. The quantitative estimate of drug-likeness (QED) is 0.627. The molecular weight excluding hydrogens is 412 g/mol. The van der Waals surface area contributed by atoms with Gasteiger partial charge in [-0.25, -0.2) is 8.42 Å². The SMILES string of the molecule is COc1ccc(NC(=O)c2ccccc2N(C)S(=O)(=O)c2ccccc2Cl)cc1. The van der Waals surface area contributed by atoms with Gasteiger partial charge in [0.1, 0.15) is 10.6 Å². The van der Waals surface area contributed by atoms with Gasteiger partial charge in [-0.15, -0.1) is 0 Å². The van der Waals surface area contributed by atoms with E-state index in [4.69, 9.17) is 16.3 Å². The van der Waals surface area contributed by atoms with Crippen LogP contribution in [0.4, 0.5) is 11.4 Å². The minimum Gasteiger partial charge on any atom is -0.497 e. The van der Waals surface area contributed by atoms with Crippen LogP contribution in [-0.2, 0) is 10.0 Å². The van der Waals surface area contributed by atoms with Gasteiger partial charge in [0.15, 0.2) is 0 Å². The average molecular weight is 431 g/mol. The predicted octanol–water partition coefficient (Wildman–Crippen LogP) is 4.43. The molecule has 3 aromatic carbocycles. The highest BCUT2D eigenvalue weighted by molar-refractivity contribution is 7.93. The molecule has 0 aromatic heterocycles. The summed E-state index contributed by atoms with van der Waals surface area (Å²) in [5.74, 6) is 0.223. The van der Waals surface area contributed by atoms with Gasteiger partial charge in [-0.2, -0.15) is 0 Å². The van der Waals surface area contributed by atoms with Gasteiger partial charge in [0, 0.05) is 12.7 Å². The van der Waals surface area contributed by atoms with E-state index in [2.05, 4.69) is 5.32 Å². The van der Waals surface area contributed by atoms with Gasteiger partial charge < -0.3 is 10.1 Å². The number of nitrogens with one attached hydrogen (secondary N) is 1. The van der Waals surface area contributed by atoms with Crippen molar-refractivity contribution in [2.75, 3.05) is 23.8 Å². The number of hydrogen-bond acceptors (Lipinski definition) is 4. The van der Waals surface area contributed by atoms with Gasteiger partial charge in [0.05, 0.1) is 23.4 Å². The third-order valence-corrected chi connectivity index (χ3v) is 6.58. The molecular formula is C21H19ClN2O4S. The number of halogens is 1. The van der Waals surface area contributed by atoms with Crippen molar-refractivity contribution in [1.82, 2.24) is 0 Å². The standard InChI is InChI=1S/C21H19ClN2O4S/c1-24(29(26,27)20-10-6-4-8-18(20)22)19-9-5-3-7-17(19)21(25)23-15-11-13-16(28-2)14-12-15/h3-14H,1-2H3,(H,23,25). The highest BCUT2D eigenvalue weighted by Gasteiger charge is 2.26. The zero-order valence-corrected chi connectivity index (χ0v) is 17.4. The number of sulfonamides is 1. The number of amides is 1. The van der Waals surface area contributed by atoms with Crippen LogP contribution in [0.1, 0.15) is 10.4 Å². The Balaban J connectivity index is 1.93. The molecule has 150 valence electrons. The van der Waals surface area contributed by atoms with E-state index in [1.807, 2.05) is 0 Å². The molecule has 0 atom stereocenters. The summed E-state index contributed by atoms with van der Waals surface area (Å²) in [4.78, 5) is 12.8. The molecule has 0 aliphatic rings. The first-order chi connectivity index (χ1) is 13.8. The van der Waals surface area contributed by atoms with Crippen molar-refractivity contribution in [3.63, 3.8) is 0 Å². The summed E-state index contributed by atoms with van der Waals surface area (Å²) in [5.41, 5.74) is 1.00. The first kappa shape index (κ1) is 20.7. The maximum atomic E-state index is 13.1. The molecule has 3 rings (SSSR count). The lowest BCUT2D eigenvalue weighted by atomic mass is 10.1. The Labute approximate surface area is 174 Å². The highest BCUT2D eigenvalue weighted by atomic mass is 35.5. The average Bonchev–Trinajstić information content (AvgIpc) is 2.74. The number of methoxy groups -OCH3 is 1. The number of nitrogens with zero attached hydrogens (tertiary/aromatic N) is 1. The van der Waals surface area contributed by atoms with Gasteiger partial charge in [0.25, 0.3) is 15.9 Å². The van der Waals surface area contributed by atoms with E-state index in [9.17, 15) is 13.2 Å². The normalized spacial score (nSPS) is 11.0. The summed E-state index contributed by atoms with van der Waals surface area (Å²) >= 11 is 6.08. The van der Waals surface area contributed by atoms with Crippen LogP contribution in [0.25, 0.3) is 0 Å². The molecule has 0 saturated carbocycles. The molecule has 3 aromatic rings. The summed E-state index contributed by atoms with van der Waals surface area (Å²) in [7, 11) is -1.01. The number of ether oxygens (including phenoxy) is 1. The van der Waals surface area contributed by atoms with Crippen LogP contribution in [-0.4, -0.2) is 28.5 Å². The molecule has 0 aliphatic carbocycles. The highest BCUT2D eigenvalue weighted by Crippen LogP contribution is 2.29. The largest absolute Gasteiger partial charge is 0.497 e. The second-order valence-corrected chi connectivity index (χ2v) is 8.45. The molecule has 0 radical (unpaired) electrons. The van der Waals surface area contributed by atoms with Crippen LogP contribution in [0, 0.1) is 0 Å². The molecule has 29 heavy (non-hydrogen) atoms. The van der Waals surface area contributed by atoms with Crippen LogP contribution in [0.15, 0.2) is 77.7 Å². The van der Waals surface area contributed by atoms with E-state index in [0.29, 0.717) is 11.4 Å². The molecule has 6 nitrogen and oxygen atoms in total. The molecule has 1 amide bonds. The van der Waals surface area contributed by atoms with E-state index < -0.39 is 15.9 Å². The van der Waals surface area contributed by atoms with Crippen molar-refractivity contribution in [3.05, 3.63) is 83.4 Å². The minimum absolute atomic E-state index is 0.0328. The number of carbonyl (C=O) groups is 1. The van der Waals surface area contributed by atoms with Crippen LogP contribution >= 0.6 is 11.6 Å². The summed E-state index contributed by atoms with van der Waals surface area (Å²) in [5, 5.41) is 2.88. The molecule has 0 bridgehead atoms. The Morgan fingerprint density at radius 3 is 2.24 bits per heavy atom. The molecule has 0 heterocycles. The second-order valence-electron chi connectivity index (χ2n) is 6.10. The molecule has 1 N–H and O–H groups in total. The van der Waals surface area contributed by atoms with Gasteiger partial charge in [-0.3, -0.25) is 9.10 Å². The smallest absolute Gasteiger partial charge is 0.265 e. The van der Waals surface area contributed by atoms with E-state index in [0.717, 1.165) is 4.31 Å². The van der Waals surface area contributed by atoms with E-state index in [-0.39, 0.29) is 21.2 Å². The second kappa shape index (κ2) is 8.55. The maximum absolute atomic E-state index is 13.1. The Hall–Kier alpha value is -3.03. The Bertz CT molecular complexity index is 1130. The van der Waals surface area contributed by atoms with Crippen LogP contribution in [0.2, 0.25) is 5.02 Å². The van der Waals surface area contributed by atoms with Crippen molar-refractivity contribution >= 4 is 38.9 Å². The van der Waals surface area contributed by atoms with Gasteiger partial charge >= 0.3 is 0 Å². The fourth-order valence-electron chi connectivity index (χ4n) is 2.74. The summed E-state index contributed by atoms with van der Waals surface area (Å²) in [6, 6.07) is 19.5. The third kappa shape index (κ3) is 4.36. The topological polar surface area (TPSA) is 75.7 Å². The number of para-hydroxylation sites is 1. The fourth-order valence-corrected chi connectivity index (χ4v) is 4.45. The van der Waals surface area contributed by atoms with Crippen molar-refractivity contribution in [2.45, 2.75) is 4.90 Å². The number of anilines is 2. The predicted molar refractivity (Wildman–Crippen MR) is 114 cm³/mol. The number of hydrogen-bond donors (Lipinski definition) is 1. The van der Waals surface area contributed by atoms with E-state index >= 15 is 0 Å². The lowest BCUT2D eigenvalue weighted by molar-refractivity contribution is 0.102. The van der Waals surface area contributed by atoms with Crippen molar-refractivity contribution in [1.29, 1.82) is 0 Å². The van der Waals surface area contributed by atoms with Crippen molar-refractivity contribution < 1.29 is 17.9 Å². The molecule has 0 saturated heterocycles. The Morgan fingerprint density at radius 1 is 0.966 bits per heavy atom. The van der Waals surface area contributed by atoms with Crippen LogP contribution < -0.4 is 14.4 Å². The summed E-state index contributed by atoms with van der Waals surface area (Å²) in [6.45, 7) is 0. The minimum atomic E-state index is -3.96. The number of carbonyl (C=O) groups excluding carboxylic acids is 1. The van der Waals surface area contributed by atoms with Crippen molar-refractivity contribution in [3.8, 4) is 5.75 Å². The first-order valence-corrected chi connectivity index (χ1v) is 10.4. The molecule has 0 fully saturated rings. The summed E-state index contributed by atoms with van der Waals surface area (Å²) in [6.07, 6.45) is 0. The molecule has 8 heteroatoms. The first-order valence-electron chi connectivity index (χ1n) is 8.62. The third-order valence-electron chi connectivity index (χ3n) is 4.31. The zero-order valence-electron chi connectivity index (χ0n) is 15.8. The summed E-state index contributed by atoms with van der Waals surface area (Å²) < 4.78 is 32.3. The Morgan fingerprint density at radius 2 is 1.59 bits per heavy atom. The molecule has 0 spiro atoms. The monoisotopic (exact) mass is 430 g/mol. The van der Waals surface area contributed by atoms with E-state index in [1.165, 1.54) is 19.2 Å². The van der Waals surface area contributed by atoms with Gasteiger partial charge in [-0.1, -0.05) is 35.9 Å². The molecule has 0 unspecified atom stereocenters. The van der Waals surface area contributed by atoms with Crippen LogP contribution in [0.5, 0.6) is 5.75 Å². The Kier molecular flexibility index (Phi) is 6.10. The van der Waals surface area contributed by atoms with Crippen molar-refractivity contribution in [2.24, 2.45) is 0 Å². The van der Waals surface area contributed by atoms with Gasteiger partial charge in [-0.05, 0) is 48.5 Å². The lowest BCUT2D eigenvalue weighted by Gasteiger charge is -2.22. The van der Waals surface area contributed by atoms with Gasteiger partial charge in [0.2, 0.25) is 0 Å². The zero-order chi connectivity index (χ0) is 21.0.